The van der Waals surface area contributed by atoms with Crippen LogP contribution in [0.4, 0.5) is 0 Å². The molecule has 1 rings (SSSR count). The zero-order chi connectivity index (χ0) is 12.0. The monoisotopic (exact) mass is 280 g/mol. The predicted molar refractivity (Wildman–Crippen MR) is 78.0 cm³/mol. The van der Waals surface area contributed by atoms with E-state index in [2.05, 4.69) is 24.5 Å². The van der Waals surface area contributed by atoms with Gasteiger partial charge in [0.1, 0.15) is 0 Å². The molecule has 3 nitrogen and oxygen atoms in total. The quantitative estimate of drug-likeness (QED) is 0.700. The fraction of sp³-hybridized carbons (Fsp3) is 0.917. The van der Waals surface area contributed by atoms with Crippen LogP contribution < -0.4 is 10.6 Å². The van der Waals surface area contributed by atoms with Crippen LogP contribution in [0.25, 0.3) is 0 Å². The molecule has 0 aromatic rings. The van der Waals surface area contributed by atoms with Crippen LogP contribution >= 0.6 is 24.2 Å². The first-order valence-electron chi connectivity index (χ1n) is 6.24. The number of hydrogen-bond acceptors (Lipinski definition) is 3. The van der Waals surface area contributed by atoms with Crippen LogP contribution in [0.1, 0.15) is 27.2 Å². The second-order valence-electron chi connectivity index (χ2n) is 4.60. The average molecular weight is 281 g/mol. The standard InChI is InChI=1S/C12H24N2OS.ClH/c1-4-16-6-5-9(2)14-12(15)10(3)11-7-13-8-11;/h9-11,13H,4-8H2,1-3H3,(H,14,15);1H. The lowest BCUT2D eigenvalue weighted by Gasteiger charge is -2.32. The van der Waals surface area contributed by atoms with Crippen molar-refractivity contribution in [3.63, 3.8) is 0 Å². The van der Waals surface area contributed by atoms with Crippen molar-refractivity contribution in [1.82, 2.24) is 10.6 Å². The molecule has 17 heavy (non-hydrogen) atoms. The van der Waals surface area contributed by atoms with E-state index in [1.54, 1.807) is 0 Å². The topological polar surface area (TPSA) is 41.1 Å². The SMILES string of the molecule is CCSCCC(C)NC(=O)C(C)C1CNC1.Cl. The molecule has 0 radical (unpaired) electrons. The van der Waals surface area contributed by atoms with Crippen molar-refractivity contribution in [3.8, 4) is 0 Å². The number of amides is 1. The molecule has 0 spiro atoms. The zero-order valence-corrected chi connectivity index (χ0v) is 12.6. The Kier molecular flexibility index (Phi) is 9.10. The second kappa shape index (κ2) is 9.06. The minimum absolute atomic E-state index is 0. The van der Waals surface area contributed by atoms with Gasteiger partial charge in [0.15, 0.2) is 0 Å². The highest BCUT2D eigenvalue weighted by Gasteiger charge is 2.28. The average Bonchev–Trinajstić information content (AvgIpc) is 2.15. The lowest BCUT2D eigenvalue weighted by Crippen LogP contribution is -2.50. The van der Waals surface area contributed by atoms with Gasteiger partial charge in [-0.2, -0.15) is 11.8 Å². The first-order chi connectivity index (χ1) is 7.65. The summed E-state index contributed by atoms with van der Waals surface area (Å²) in [6, 6.07) is 0.307. The van der Waals surface area contributed by atoms with Gasteiger partial charge in [0.05, 0.1) is 0 Å². The van der Waals surface area contributed by atoms with Crippen molar-refractivity contribution >= 4 is 30.1 Å². The first-order valence-corrected chi connectivity index (χ1v) is 7.39. The molecular weight excluding hydrogens is 256 g/mol. The molecular formula is C12H25ClN2OS. The van der Waals surface area contributed by atoms with Gasteiger partial charge in [0, 0.05) is 12.0 Å². The fourth-order valence-corrected chi connectivity index (χ4v) is 2.54. The molecule has 2 atom stereocenters. The van der Waals surface area contributed by atoms with Gasteiger partial charge < -0.3 is 10.6 Å². The van der Waals surface area contributed by atoms with Gasteiger partial charge in [0.25, 0.3) is 0 Å². The van der Waals surface area contributed by atoms with E-state index in [4.69, 9.17) is 0 Å². The highest BCUT2D eigenvalue weighted by molar-refractivity contribution is 7.99. The molecule has 1 saturated heterocycles. The Morgan fingerprint density at radius 1 is 1.47 bits per heavy atom. The van der Waals surface area contributed by atoms with Crippen molar-refractivity contribution in [3.05, 3.63) is 0 Å². The van der Waals surface area contributed by atoms with Crippen molar-refractivity contribution in [2.24, 2.45) is 11.8 Å². The molecule has 1 amide bonds. The summed E-state index contributed by atoms with van der Waals surface area (Å²) in [6.45, 7) is 8.29. The highest BCUT2D eigenvalue weighted by Crippen LogP contribution is 2.16. The summed E-state index contributed by atoms with van der Waals surface area (Å²) in [6.07, 6.45) is 1.07. The fourth-order valence-electron chi connectivity index (χ4n) is 1.73. The van der Waals surface area contributed by atoms with E-state index in [0.29, 0.717) is 12.0 Å². The number of rotatable bonds is 7. The first kappa shape index (κ1) is 17.1. The third-order valence-electron chi connectivity index (χ3n) is 3.22. The van der Waals surface area contributed by atoms with Crippen molar-refractivity contribution < 1.29 is 4.79 Å². The van der Waals surface area contributed by atoms with Crippen LogP contribution in [0.5, 0.6) is 0 Å². The third-order valence-corrected chi connectivity index (χ3v) is 4.15. The molecule has 1 heterocycles. The van der Waals surface area contributed by atoms with E-state index in [9.17, 15) is 4.79 Å². The van der Waals surface area contributed by atoms with E-state index in [1.165, 1.54) is 0 Å². The lowest BCUT2D eigenvalue weighted by molar-refractivity contribution is -0.127. The summed E-state index contributed by atoms with van der Waals surface area (Å²) in [7, 11) is 0. The summed E-state index contributed by atoms with van der Waals surface area (Å²) in [4.78, 5) is 11.9. The predicted octanol–water partition coefficient (Wildman–Crippen LogP) is 1.91. The summed E-state index contributed by atoms with van der Waals surface area (Å²) >= 11 is 1.93. The number of hydrogen-bond donors (Lipinski definition) is 2. The van der Waals surface area contributed by atoms with Crippen molar-refractivity contribution in [2.75, 3.05) is 24.6 Å². The number of thioether (sulfide) groups is 1. The van der Waals surface area contributed by atoms with E-state index < -0.39 is 0 Å². The smallest absolute Gasteiger partial charge is 0.223 e. The van der Waals surface area contributed by atoms with Crippen LogP contribution in [0.2, 0.25) is 0 Å². The maximum absolute atomic E-state index is 11.9. The lowest BCUT2D eigenvalue weighted by atomic mass is 9.88. The highest BCUT2D eigenvalue weighted by atomic mass is 35.5. The number of halogens is 1. The molecule has 0 saturated carbocycles. The summed E-state index contributed by atoms with van der Waals surface area (Å²) in [5.74, 6) is 3.21. The Hall–Kier alpha value is 0.0700. The number of carbonyl (C=O) groups is 1. The molecule has 0 aromatic heterocycles. The molecule has 0 aromatic carbocycles. The second-order valence-corrected chi connectivity index (χ2v) is 6.00. The van der Waals surface area contributed by atoms with Crippen LogP contribution in [-0.4, -0.2) is 36.5 Å². The van der Waals surface area contributed by atoms with Crippen LogP contribution in [0, 0.1) is 11.8 Å². The summed E-state index contributed by atoms with van der Waals surface area (Å²) in [5.41, 5.74) is 0. The Bertz CT molecular complexity index is 225. The van der Waals surface area contributed by atoms with Crippen molar-refractivity contribution in [2.45, 2.75) is 33.2 Å². The van der Waals surface area contributed by atoms with Crippen molar-refractivity contribution in [1.29, 1.82) is 0 Å². The largest absolute Gasteiger partial charge is 0.353 e. The third kappa shape index (κ3) is 5.98. The molecule has 1 aliphatic rings. The molecule has 102 valence electrons. The van der Waals surface area contributed by atoms with Gasteiger partial charge >= 0.3 is 0 Å². The van der Waals surface area contributed by atoms with Gasteiger partial charge in [-0.3, -0.25) is 4.79 Å². The zero-order valence-electron chi connectivity index (χ0n) is 11.0. The molecule has 0 aliphatic carbocycles. The van der Waals surface area contributed by atoms with E-state index in [-0.39, 0.29) is 24.2 Å². The Morgan fingerprint density at radius 3 is 2.59 bits per heavy atom. The molecule has 2 unspecified atom stereocenters. The molecule has 0 bridgehead atoms. The summed E-state index contributed by atoms with van der Waals surface area (Å²) in [5, 5.41) is 6.32. The van der Waals surface area contributed by atoms with Gasteiger partial charge in [0.2, 0.25) is 5.91 Å². The summed E-state index contributed by atoms with van der Waals surface area (Å²) < 4.78 is 0. The minimum atomic E-state index is 0. The van der Waals surface area contributed by atoms with Gasteiger partial charge in [-0.15, -0.1) is 12.4 Å². The van der Waals surface area contributed by atoms with Gasteiger partial charge in [-0.25, -0.2) is 0 Å². The van der Waals surface area contributed by atoms with Gasteiger partial charge in [-0.1, -0.05) is 13.8 Å². The molecule has 5 heteroatoms. The van der Waals surface area contributed by atoms with E-state index in [0.717, 1.165) is 31.0 Å². The molecule has 2 N–H and O–H groups in total. The Morgan fingerprint density at radius 2 is 2.12 bits per heavy atom. The van der Waals surface area contributed by atoms with Gasteiger partial charge in [-0.05, 0) is 43.9 Å². The van der Waals surface area contributed by atoms with E-state index >= 15 is 0 Å². The van der Waals surface area contributed by atoms with E-state index in [1.807, 2.05) is 18.7 Å². The Balaban J connectivity index is 0.00000256. The van der Waals surface area contributed by atoms with Crippen LogP contribution in [0.15, 0.2) is 0 Å². The van der Waals surface area contributed by atoms with Crippen LogP contribution in [0.3, 0.4) is 0 Å². The minimum Gasteiger partial charge on any atom is -0.353 e. The Labute approximate surface area is 115 Å². The number of nitrogens with one attached hydrogen (secondary N) is 2. The maximum Gasteiger partial charge on any atom is 0.223 e. The molecule has 1 aliphatic heterocycles. The maximum atomic E-state index is 11.9. The molecule has 1 fully saturated rings. The van der Waals surface area contributed by atoms with Crippen LogP contribution in [-0.2, 0) is 4.79 Å². The normalized spacial score (nSPS) is 18.8. The number of carbonyl (C=O) groups excluding carboxylic acids is 1.